The maximum atomic E-state index is 12.3. The highest BCUT2D eigenvalue weighted by Gasteiger charge is 2.24. The van der Waals surface area contributed by atoms with Crippen LogP contribution in [0.1, 0.15) is 21.5 Å². The average Bonchev–Trinajstić information content (AvgIpc) is 2.55. The predicted molar refractivity (Wildman–Crippen MR) is 99.2 cm³/mol. The number of amides is 1. The van der Waals surface area contributed by atoms with Crippen molar-refractivity contribution in [2.75, 3.05) is 13.6 Å². The molecule has 3 rings (SSSR count). The van der Waals surface area contributed by atoms with Crippen molar-refractivity contribution in [3.05, 3.63) is 68.2 Å². The Balaban J connectivity index is 1.66. The largest absolute Gasteiger partial charge is 0.350 e. The van der Waals surface area contributed by atoms with E-state index >= 15 is 0 Å². The summed E-state index contributed by atoms with van der Waals surface area (Å²) in [6.45, 7) is 1.40. The first-order valence-corrected chi connectivity index (χ1v) is 8.78. The highest BCUT2D eigenvalue weighted by Crippen LogP contribution is 2.25. The van der Waals surface area contributed by atoms with E-state index in [-0.39, 0.29) is 11.9 Å². The van der Waals surface area contributed by atoms with Gasteiger partial charge in [-0.25, -0.2) is 0 Å². The molecule has 0 fully saturated rings. The summed E-state index contributed by atoms with van der Waals surface area (Å²) in [4.78, 5) is 14.5. The molecule has 1 atom stereocenters. The number of hydrogen-bond donors (Lipinski definition) is 1. The number of halogens is 3. The highest BCUT2D eigenvalue weighted by molar-refractivity contribution is 6.42. The van der Waals surface area contributed by atoms with E-state index in [2.05, 4.69) is 23.3 Å². The average molecular weight is 384 g/mol. The minimum absolute atomic E-state index is 0.154. The number of hydrogen-bond acceptors (Lipinski definition) is 2. The fraction of sp³-hybridized carbons (Fsp3) is 0.278. The summed E-state index contributed by atoms with van der Waals surface area (Å²) >= 11 is 17.9. The molecule has 0 bridgehead atoms. The molecule has 24 heavy (non-hydrogen) atoms. The quantitative estimate of drug-likeness (QED) is 0.850. The fourth-order valence-corrected chi connectivity index (χ4v) is 3.42. The van der Waals surface area contributed by atoms with Gasteiger partial charge in [-0.05, 0) is 54.9 Å². The predicted octanol–water partition coefficient (Wildman–Crippen LogP) is 4.43. The fourth-order valence-electron chi connectivity index (χ4n) is 2.92. The molecule has 1 amide bonds. The van der Waals surface area contributed by atoms with Gasteiger partial charge in [0.2, 0.25) is 0 Å². The van der Waals surface area contributed by atoms with Crippen molar-refractivity contribution in [1.82, 2.24) is 10.2 Å². The van der Waals surface area contributed by atoms with Crippen molar-refractivity contribution in [3.8, 4) is 0 Å². The number of likely N-dealkylation sites (N-methyl/N-ethyl adjacent to an activating group) is 1. The molecule has 1 aliphatic rings. The molecular formula is C18H17Cl3N2O. The first-order valence-electron chi connectivity index (χ1n) is 7.65. The van der Waals surface area contributed by atoms with Crippen LogP contribution >= 0.6 is 34.8 Å². The molecule has 6 heteroatoms. The van der Waals surface area contributed by atoms with E-state index in [1.165, 1.54) is 11.1 Å². The van der Waals surface area contributed by atoms with Gasteiger partial charge in [0, 0.05) is 29.7 Å². The molecule has 1 N–H and O–H groups in total. The number of benzene rings is 2. The Kier molecular flexibility index (Phi) is 5.36. The lowest BCUT2D eigenvalue weighted by molar-refractivity contribution is 0.0934. The molecule has 3 nitrogen and oxygen atoms in total. The van der Waals surface area contributed by atoms with E-state index in [1.807, 2.05) is 12.1 Å². The zero-order valence-corrected chi connectivity index (χ0v) is 15.4. The van der Waals surface area contributed by atoms with Crippen LogP contribution in [0.3, 0.4) is 0 Å². The van der Waals surface area contributed by atoms with Crippen molar-refractivity contribution in [2.45, 2.75) is 19.0 Å². The summed E-state index contributed by atoms with van der Waals surface area (Å²) in [5, 5.41) is 4.54. The van der Waals surface area contributed by atoms with E-state index in [4.69, 9.17) is 34.8 Å². The molecule has 126 valence electrons. The molecule has 0 radical (unpaired) electrons. The Morgan fingerprint density at radius 1 is 1.12 bits per heavy atom. The Morgan fingerprint density at radius 2 is 1.92 bits per heavy atom. The van der Waals surface area contributed by atoms with E-state index in [0.717, 1.165) is 18.0 Å². The Bertz CT molecular complexity index is 779. The van der Waals surface area contributed by atoms with Gasteiger partial charge in [-0.3, -0.25) is 9.69 Å². The maximum Gasteiger partial charge on any atom is 0.251 e. The van der Waals surface area contributed by atoms with Crippen LogP contribution in [0.5, 0.6) is 0 Å². The van der Waals surface area contributed by atoms with Crippen molar-refractivity contribution < 1.29 is 4.79 Å². The number of carbonyl (C=O) groups is 1. The second-order valence-electron chi connectivity index (χ2n) is 6.03. The van der Waals surface area contributed by atoms with Crippen LogP contribution in [-0.4, -0.2) is 30.4 Å². The zero-order chi connectivity index (χ0) is 17.3. The smallest absolute Gasteiger partial charge is 0.251 e. The van der Waals surface area contributed by atoms with Crippen LogP contribution in [-0.2, 0) is 13.0 Å². The van der Waals surface area contributed by atoms with Gasteiger partial charge in [-0.2, -0.15) is 0 Å². The SMILES string of the molecule is CN1Cc2ccc(Cl)cc2CC1CNC(=O)c1ccc(Cl)c(Cl)c1. The second-order valence-corrected chi connectivity index (χ2v) is 7.28. The lowest BCUT2D eigenvalue weighted by Crippen LogP contribution is -2.45. The van der Waals surface area contributed by atoms with Crippen LogP contribution in [0.25, 0.3) is 0 Å². The summed E-state index contributed by atoms with van der Waals surface area (Å²) in [5.74, 6) is -0.154. The Hall–Kier alpha value is -1.26. The lowest BCUT2D eigenvalue weighted by Gasteiger charge is -2.34. The molecule has 1 unspecified atom stereocenters. The standard InChI is InChI=1S/C18H17Cl3N2O/c1-23-10-12-2-4-14(19)6-13(12)7-15(23)9-22-18(24)11-3-5-16(20)17(21)8-11/h2-6,8,15H,7,9-10H2,1H3,(H,22,24). The van der Waals surface area contributed by atoms with Crippen LogP contribution < -0.4 is 5.32 Å². The topological polar surface area (TPSA) is 32.3 Å². The van der Waals surface area contributed by atoms with Gasteiger partial charge in [0.15, 0.2) is 0 Å². The second kappa shape index (κ2) is 7.32. The summed E-state index contributed by atoms with van der Waals surface area (Å²) in [6.07, 6.45) is 0.855. The van der Waals surface area contributed by atoms with Gasteiger partial charge in [-0.1, -0.05) is 40.9 Å². The Labute approximate surface area is 156 Å². The van der Waals surface area contributed by atoms with E-state index in [0.29, 0.717) is 22.2 Å². The molecule has 0 spiro atoms. The molecule has 1 heterocycles. The van der Waals surface area contributed by atoms with Gasteiger partial charge in [0.05, 0.1) is 10.0 Å². The third-order valence-corrected chi connectivity index (χ3v) is 5.32. The van der Waals surface area contributed by atoms with Gasteiger partial charge in [0.1, 0.15) is 0 Å². The number of fused-ring (bicyclic) bond motifs is 1. The van der Waals surface area contributed by atoms with Crippen LogP contribution in [0.4, 0.5) is 0 Å². The summed E-state index contributed by atoms with van der Waals surface area (Å²) in [7, 11) is 2.06. The van der Waals surface area contributed by atoms with Gasteiger partial charge >= 0.3 is 0 Å². The molecule has 0 aliphatic carbocycles. The van der Waals surface area contributed by atoms with Crippen molar-refractivity contribution >= 4 is 40.7 Å². The number of nitrogens with zero attached hydrogens (tertiary/aromatic N) is 1. The van der Waals surface area contributed by atoms with Crippen LogP contribution in [0, 0.1) is 0 Å². The minimum atomic E-state index is -0.154. The van der Waals surface area contributed by atoms with Gasteiger partial charge < -0.3 is 5.32 Å². The van der Waals surface area contributed by atoms with E-state index < -0.39 is 0 Å². The number of carbonyl (C=O) groups excluding carboxylic acids is 1. The Morgan fingerprint density at radius 3 is 2.67 bits per heavy atom. The molecule has 2 aromatic carbocycles. The van der Waals surface area contributed by atoms with Gasteiger partial charge in [0.25, 0.3) is 5.91 Å². The monoisotopic (exact) mass is 382 g/mol. The minimum Gasteiger partial charge on any atom is -0.350 e. The molecule has 0 aromatic heterocycles. The number of nitrogens with one attached hydrogen (secondary N) is 1. The highest BCUT2D eigenvalue weighted by atomic mass is 35.5. The zero-order valence-electron chi connectivity index (χ0n) is 13.2. The van der Waals surface area contributed by atoms with Crippen LogP contribution in [0.15, 0.2) is 36.4 Å². The van der Waals surface area contributed by atoms with Crippen LogP contribution in [0.2, 0.25) is 15.1 Å². The lowest BCUT2D eigenvalue weighted by atomic mass is 9.94. The van der Waals surface area contributed by atoms with E-state index in [9.17, 15) is 4.79 Å². The first kappa shape index (κ1) is 17.6. The molecule has 2 aromatic rings. The van der Waals surface area contributed by atoms with E-state index in [1.54, 1.807) is 18.2 Å². The van der Waals surface area contributed by atoms with Crippen molar-refractivity contribution in [2.24, 2.45) is 0 Å². The molecule has 1 aliphatic heterocycles. The summed E-state index contributed by atoms with van der Waals surface area (Å²) < 4.78 is 0. The molecular weight excluding hydrogens is 367 g/mol. The number of rotatable bonds is 3. The molecule has 0 saturated carbocycles. The first-order chi connectivity index (χ1) is 11.4. The molecule has 0 saturated heterocycles. The third-order valence-electron chi connectivity index (χ3n) is 4.35. The van der Waals surface area contributed by atoms with Crippen molar-refractivity contribution in [3.63, 3.8) is 0 Å². The summed E-state index contributed by atoms with van der Waals surface area (Å²) in [5.41, 5.74) is 3.04. The van der Waals surface area contributed by atoms with Crippen molar-refractivity contribution in [1.29, 1.82) is 0 Å². The maximum absolute atomic E-state index is 12.3. The third kappa shape index (κ3) is 3.86. The van der Waals surface area contributed by atoms with Gasteiger partial charge in [-0.15, -0.1) is 0 Å². The summed E-state index contributed by atoms with van der Waals surface area (Å²) in [6, 6.07) is 11.1. The normalized spacial score (nSPS) is 17.4.